The summed E-state index contributed by atoms with van der Waals surface area (Å²) in [6.07, 6.45) is 4.42. The molecular weight excluding hydrogens is 243 g/mol. The Bertz CT molecular complexity index is 236. The molecule has 3 nitrogen and oxygen atoms in total. The second kappa shape index (κ2) is 6.83. The molecular formula is C10H17AsO3. The van der Waals surface area contributed by atoms with Gasteiger partial charge in [-0.3, -0.25) is 0 Å². The van der Waals surface area contributed by atoms with Crippen molar-refractivity contribution in [2.75, 3.05) is 0 Å². The number of ketones is 1. The predicted octanol–water partition coefficient (Wildman–Crippen LogP) is 1.52. The number of rotatable bonds is 6. The molecule has 0 radical (unpaired) electrons. The number of allylic oxidation sites excluding steroid dienone is 2. The van der Waals surface area contributed by atoms with Gasteiger partial charge < -0.3 is 0 Å². The van der Waals surface area contributed by atoms with E-state index in [1.807, 2.05) is 24.8 Å². The predicted molar refractivity (Wildman–Crippen MR) is 58.0 cm³/mol. The minimum atomic E-state index is -0.954. The molecule has 0 saturated carbocycles. The normalized spacial score (nSPS) is 16.2. The number of carbonyl (C=O) groups is 2. The summed E-state index contributed by atoms with van der Waals surface area (Å²) in [5.74, 6) is -1.24. The Morgan fingerprint density at radius 3 is 2.43 bits per heavy atom. The van der Waals surface area contributed by atoms with Gasteiger partial charge in [0.1, 0.15) is 0 Å². The number of aliphatic carboxylic acids is 1. The second-order valence-corrected chi connectivity index (χ2v) is 5.59. The molecule has 0 aliphatic heterocycles. The average molecular weight is 260 g/mol. The molecule has 0 heterocycles. The molecule has 1 N–H and O–H groups in total. The molecule has 0 amide bonds. The first-order valence-electron chi connectivity index (χ1n) is 4.59. The molecule has 0 spiro atoms. The maximum absolute atomic E-state index is 11.6. The molecule has 14 heavy (non-hydrogen) atoms. The first-order valence-corrected chi connectivity index (χ1v) is 7.90. The molecule has 0 aliphatic rings. The van der Waals surface area contributed by atoms with Crippen LogP contribution in [-0.2, 0) is 9.59 Å². The summed E-state index contributed by atoms with van der Waals surface area (Å²) in [7, 11) is 0. The Morgan fingerprint density at radius 2 is 2.07 bits per heavy atom. The zero-order chi connectivity index (χ0) is 11.1. The van der Waals surface area contributed by atoms with Crippen molar-refractivity contribution in [3.8, 4) is 0 Å². The Hall–Kier alpha value is -0.562. The van der Waals surface area contributed by atoms with Gasteiger partial charge in [0.15, 0.2) is 0 Å². The molecule has 4 heteroatoms. The van der Waals surface area contributed by atoms with Crippen LogP contribution in [0, 0.1) is 5.92 Å². The monoisotopic (exact) mass is 260 g/mol. The van der Waals surface area contributed by atoms with Crippen molar-refractivity contribution in [1.82, 2.24) is 0 Å². The molecule has 0 aliphatic carbocycles. The standard InChI is InChI=1S/C10H17AsO3/c1-4-5-6-7(2)9(12)8(11-3)10(13)14/h4-5,7-8,11H,6H2,1-3H3,(H,13,14)/t7-,8+/m1/s1. The summed E-state index contributed by atoms with van der Waals surface area (Å²) in [4.78, 5) is 22.4. The fourth-order valence-corrected chi connectivity index (χ4v) is 2.84. The van der Waals surface area contributed by atoms with Crippen LogP contribution in [0.3, 0.4) is 0 Å². The van der Waals surface area contributed by atoms with Gasteiger partial charge in [-0.2, -0.15) is 0 Å². The van der Waals surface area contributed by atoms with Gasteiger partial charge >= 0.3 is 91.0 Å². The van der Waals surface area contributed by atoms with Gasteiger partial charge in [-0.15, -0.1) is 0 Å². The van der Waals surface area contributed by atoms with E-state index in [2.05, 4.69) is 0 Å². The van der Waals surface area contributed by atoms with Crippen molar-refractivity contribution in [3.05, 3.63) is 12.2 Å². The van der Waals surface area contributed by atoms with Gasteiger partial charge in [0.05, 0.1) is 0 Å². The zero-order valence-corrected chi connectivity index (χ0v) is 10.9. The first kappa shape index (κ1) is 13.4. The summed E-state index contributed by atoms with van der Waals surface area (Å²) in [6.45, 7) is 3.68. The van der Waals surface area contributed by atoms with Crippen molar-refractivity contribution in [2.24, 2.45) is 5.92 Å². The summed E-state index contributed by atoms with van der Waals surface area (Å²) in [6, 6.07) is 0. The van der Waals surface area contributed by atoms with E-state index in [-0.39, 0.29) is 11.7 Å². The molecule has 3 atom stereocenters. The van der Waals surface area contributed by atoms with Gasteiger partial charge in [0, 0.05) is 0 Å². The Balaban J connectivity index is 4.34. The van der Waals surface area contributed by atoms with Crippen LogP contribution in [0.4, 0.5) is 0 Å². The molecule has 1 unspecified atom stereocenters. The van der Waals surface area contributed by atoms with E-state index in [9.17, 15) is 9.59 Å². The fourth-order valence-electron chi connectivity index (χ4n) is 1.13. The van der Waals surface area contributed by atoms with Crippen LogP contribution >= 0.6 is 0 Å². The van der Waals surface area contributed by atoms with E-state index in [0.717, 1.165) is 0 Å². The third kappa shape index (κ3) is 4.10. The van der Waals surface area contributed by atoms with Gasteiger partial charge in [-0.05, 0) is 0 Å². The van der Waals surface area contributed by atoms with Crippen molar-refractivity contribution in [2.45, 2.75) is 30.7 Å². The summed E-state index contributed by atoms with van der Waals surface area (Å²) in [5.41, 5.74) is 1.85. The molecule has 0 aromatic rings. The number of carboxylic acid groups (broad SMARTS) is 1. The number of hydrogen-bond donors (Lipinski definition) is 1. The van der Waals surface area contributed by atoms with Gasteiger partial charge in [-0.25, -0.2) is 0 Å². The van der Waals surface area contributed by atoms with Crippen molar-refractivity contribution < 1.29 is 14.7 Å². The minimum absolute atomic E-state index is 0.113. The van der Waals surface area contributed by atoms with Crippen LogP contribution in [-0.4, -0.2) is 32.6 Å². The van der Waals surface area contributed by atoms with Gasteiger partial charge in [0.25, 0.3) is 0 Å². The molecule has 0 bridgehead atoms. The van der Waals surface area contributed by atoms with Crippen LogP contribution in [0.2, 0.25) is 10.4 Å². The third-order valence-electron chi connectivity index (χ3n) is 2.03. The second-order valence-electron chi connectivity index (χ2n) is 3.17. The third-order valence-corrected chi connectivity index (χ3v) is 4.36. The van der Waals surface area contributed by atoms with Crippen molar-refractivity contribution in [1.29, 1.82) is 0 Å². The number of hydrogen-bond acceptors (Lipinski definition) is 2. The van der Waals surface area contributed by atoms with Crippen molar-refractivity contribution >= 4 is 27.5 Å². The van der Waals surface area contributed by atoms with Gasteiger partial charge in [0.2, 0.25) is 0 Å². The topological polar surface area (TPSA) is 54.4 Å². The molecule has 0 fully saturated rings. The summed E-state index contributed by atoms with van der Waals surface area (Å²) in [5, 5.41) is 8.81. The Kier molecular flexibility index (Phi) is 6.55. The molecule has 0 rings (SSSR count). The van der Waals surface area contributed by atoms with Crippen molar-refractivity contribution in [3.63, 3.8) is 0 Å². The molecule has 0 aromatic carbocycles. The maximum atomic E-state index is 11.6. The van der Waals surface area contributed by atoms with E-state index in [1.54, 1.807) is 6.92 Å². The van der Waals surface area contributed by atoms with E-state index < -0.39 is 26.4 Å². The Morgan fingerprint density at radius 1 is 1.50 bits per heavy atom. The van der Waals surface area contributed by atoms with Gasteiger partial charge in [-0.1, -0.05) is 0 Å². The van der Waals surface area contributed by atoms with Crippen LogP contribution in [0.25, 0.3) is 0 Å². The first-order chi connectivity index (χ1) is 6.54. The molecule has 80 valence electrons. The number of carbonyl (C=O) groups excluding carboxylic acids is 1. The van der Waals surface area contributed by atoms with E-state index in [0.29, 0.717) is 6.42 Å². The van der Waals surface area contributed by atoms with E-state index in [4.69, 9.17) is 5.11 Å². The summed E-state index contributed by atoms with van der Waals surface area (Å²) >= 11 is -0.689. The molecule has 0 aromatic heterocycles. The quantitative estimate of drug-likeness (QED) is 0.447. The average Bonchev–Trinajstić information content (AvgIpc) is 2.14. The van der Waals surface area contributed by atoms with Crippen LogP contribution < -0.4 is 0 Å². The summed E-state index contributed by atoms with van der Waals surface area (Å²) < 4.78 is -0.713. The number of carboxylic acids is 1. The SMILES string of the molecule is CC=CC[C@@H](C)C(=O)[C@H]([AsH]C)C(=O)O. The van der Waals surface area contributed by atoms with E-state index >= 15 is 0 Å². The molecule has 0 saturated heterocycles. The fraction of sp³-hybridized carbons (Fsp3) is 0.600. The van der Waals surface area contributed by atoms with E-state index in [1.165, 1.54) is 0 Å². The Labute approximate surface area is 91.3 Å². The number of Topliss-reactive ketones (excluding diaryl/α,β-unsaturated/α-hetero) is 1. The van der Waals surface area contributed by atoms with Crippen LogP contribution in [0.1, 0.15) is 20.3 Å². The van der Waals surface area contributed by atoms with Crippen LogP contribution in [0.5, 0.6) is 0 Å². The van der Waals surface area contributed by atoms with Crippen LogP contribution in [0.15, 0.2) is 12.2 Å². The zero-order valence-electron chi connectivity index (χ0n) is 8.78.